The Balaban J connectivity index is 1.94. The Hall–Kier alpha value is -1.67. The largest absolute Gasteiger partial charge is 0.489 e. The van der Waals surface area contributed by atoms with Crippen molar-refractivity contribution in [3.8, 4) is 5.75 Å². The van der Waals surface area contributed by atoms with Crippen LogP contribution in [0.2, 0.25) is 5.02 Å². The number of nitrogens with one attached hydrogen (secondary N) is 1. The highest BCUT2D eigenvalue weighted by Crippen LogP contribution is 2.22. The van der Waals surface area contributed by atoms with Gasteiger partial charge in [-0.2, -0.15) is 0 Å². The predicted octanol–water partition coefficient (Wildman–Crippen LogP) is 4.84. The molecule has 2 aromatic carbocycles. The van der Waals surface area contributed by atoms with Gasteiger partial charge in [0.15, 0.2) is 0 Å². The molecule has 0 aromatic heterocycles. The number of aryl methyl sites for hydroxylation is 2. The van der Waals surface area contributed by atoms with E-state index in [9.17, 15) is 0 Å². The maximum Gasteiger partial charge on any atom is 0.122 e. The van der Waals surface area contributed by atoms with Crippen LogP contribution in [0.1, 0.15) is 18.1 Å². The van der Waals surface area contributed by atoms with Crippen LogP contribution in [0.5, 0.6) is 5.75 Å². The minimum absolute atomic E-state index is 0.0618. The normalized spacial score (nSPS) is 12.0. The fraction of sp³-hybridized carbons (Fsp3) is 0.294. The molecule has 0 heterocycles. The zero-order valence-corrected chi connectivity index (χ0v) is 12.9. The summed E-state index contributed by atoms with van der Waals surface area (Å²) in [6, 6.07) is 14.0. The van der Waals surface area contributed by atoms with E-state index in [0.29, 0.717) is 6.54 Å². The topological polar surface area (TPSA) is 21.3 Å². The fourth-order valence-electron chi connectivity index (χ4n) is 1.95. The minimum atomic E-state index is 0.0618. The Morgan fingerprint density at radius 3 is 2.65 bits per heavy atom. The smallest absolute Gasteiger partial charge is 0.122 e. The maximum absolute atomic E-state index is 6.11. The molecular weight excluding hydrogens is 270 g/mol. The lowest BCUT2D eigenvalue weighted by atomic mass is 10.1. The van der Waals surface area contributed by atoms with E-state index in [1.807, 2.05) is 31.2 Å². The van der Waals surface area contributed by atoms with E-state index in [-0.39, 0.29) is 6.10 Å². The Labute approximate surface area is 125 Å². The van der Waals surface area contributed by atoms with Crippen molar-refractivity contribution in [3.63, 3.8) is 0 Å². The molecule has 2 rings (SSSR count). The van der Waals surface area contributed by atoms with Crippen molar-refractivity contribution < 1.29 is 4.74 Å². The summed E-state index contributed by atoms with van der Waals surface area (Å²) >= 11 is 6.11. The summed E-state index contributed by atoms with van der Waals surface area (Å²) in [6.45, 7) is 6.88. The van der Waals surface area contributed by atoms with Crippen molar-refractivity contribution in [1.29, 1.82) is 0 Å². The number of anilines is 1. The summed E-state index contributed by atoms with van der Waals surface area (Å²) in [4.78, 5) is 0. The van der Waals surface area contributed by atoms with Crippen molar-refractivity contribution in [3.05, 3.63) is 58.6 Å². The van der Waals surface area contributed by atoms with Crippen molar-refractivity contribution >= 4 is 17.3 Å². The van der Waals surface area contributed by atoms with Gasteiger partial charge in [-0.05, 0) is 50.1 Å². The monoisotopic (exact) mass is 289 g/mol. The van der Waals surface area contributed by atoms with E-state index in [1.165, 1.54) is 5.56 Å². The molecule has 2 aromatic rings. The molecule has 0 saturated carbocycles. The molecule has 1 atom stereocenters. The zero-order chi connectivity index (χ0) is 14.5. The molecule has 3 heteroatoms. The van der Waals surface area contributed by atoms with E-state index >= 15 is 0 Å². The molecule has 0 saturated heterocycles. The number of hydrogen-bond acceptors (Lipinski definition) is 2. The fourth-order valence-corrected chi connectivity index (χ4v) is 2.15. The summed E-state index contributed by atoms with van der Waals surface area (Å²) < 4.78 is 5.98. The third-order valence-electron chi connectivity index (χ3n) is 3.13. The molecule has 2 nitrogen and oxygen atoms in total. The van der Waals surface area contributed by atoms with Crippen molar-refractivity contribution in [2.45, 2.75) is 26.9 Å². The van der Waals surface area contributed by atoms with E-state index in [2.05, 4.69) is 37.4 Å². The third-order valence-corrected chi connectivity index (χ3v) is 3.46. The van der Waals surface area contributed by atoms with Crippen LogP contribution in [0.3, 0.4) is 0 Å². The average molecular weight is 290 g/mol. The van der Waals surface area contributed by atoms with E-state index in [4.69, 9.17) is 16.3 Å². The van der Waals surface area contributed by atoms with Crippen LogP contribution in [0.4, 0.5) is 5.69 Å². The summed E-state index contributed by atoms with van der Waals surface area (Å²) in [5.41, 5.74) is 3.29. The standard InChI is InChI=1S/C17H20ClNO/c1-12-8-9-13(2)17(10-12)20-14(3)11-19-16-7-5-4-6-15(16)18/h4-10,14,19H,11H2,1-3H3. The van der Waals surface area contributed by atoms with Gasteiger partial charge in [0.05, 0.1) is 17.3 Å². The van der Waals surface area contributed by atoms with Gasteiger partial charge in [0.2, 0.25) is 0 Å². The molecule has 1 N–H and O–H groups in total. The molecule has 0 aliphatic carbocycles. The molecule has 0 spiro atoms. The highest BCUT2D eigenvalue weighted by molar-refractivity contribution is 6.33. The van der Waals surface area contributed by atoms with E-state index in [0.717, 1.165) is 22.0 Å². The predicted molar refractivity (Wildman–Crippen MR) is 85.9 cm³/mol. The highest BCUT2D eigenvalue weighted by Gasteiger charge is 2.07. The van der Waals surface area contributed by atoms with Gasteiger partial charge in [0, 0.05) is 0 Å². The molecule has 0 aliphatic rings. The molecule has 0 radical (unpaired) electrons. The highest BCUT2D eigenvalue weighted by atomic mass is 35.5. The first kappa shape index (κ1) is 14.7. The zero-order valence-electron chi connectivity index (χ0n) is 12.1. The SMILES string of the molecule is Cc1ccc(C)c(OC(C)CNc2ccccc2Cl)c1. The van der Waals surface area contributed by atoms with Crippen LogP contribution in [0, 0.1) is 13.8 Å². The molecular formula is C17H20ClNO. The lowest BCUT2D eigenvalue weighted by Crippen LogP contribution is -2.23. The second-order valence-corrected chi connectivity index (χ2v) is 5.47. The van der Waals surface area contributed by atoms with Crippen molar-refractivity contribution in [2.75, 3.05) is 11.9 Å². The van der Waals surface area contributed by atoms with Crippen LogP contribution < -0.4 is 10.1 Å². The van der Waals surface area contributed by atoms with Gasteiger partial charge in [0.1, 0.15) is 11.9 Å². The van der Waals surface area contributed by atoms with Crippen LogP contribution >= 0.6 is 11.6 Å². The van der Waals surface area contributed by atoms with Crippen LogP contribution in [0.15, 0.2) is 42.5 Å². The molecule has 0 bridgehead atoms. The molecule has 0 fully saturated rings. The van der Waals surface area contributed by atoms with Crippen LogP contribution in [-0.4, -0.2) is 12.6 Å². The molecule has 106 valence electrons. The first-order valence-corrected chi connectivity index (χ1v) is 7.16. The molecule has 1 unspecified atom stereocenters. The van der Waals surface area contributed by atoms with E-state index in [1.54, 1.807) is 0 Å². The summed E-state index contributed by atoms with van der Waals surface area (Å²) in [5, 5.41) is 4.04. The van der Waals surface area contributed by atoms with Crippen molar-refractivity contribution in [1.82, 2.24) is 0 Å². The average Bonchev–Trinajstić information content (AvgIpc) is 2.42. The van der Waals surface area contributed by atoms with Gasteiger partial charge in [0.25, 0.3) is 0 Å². The Bertz CT molecular complexity index is 583. The van der Waals surface area contributed by atoms with Gasteiger partial charge >= 0.3 is 0 Å². The molecule has 20 heavy (non-hydrogen) atoms. The molecule has 0 amide bonds. The van der Waals surface area contributed by atoms with Gasteiger partial charge in [-0.25, -0.2) is 0 Å². The lowest BCUT2D eigenvalue weighted by molar-refractivity contribution is 0.233. The lowest BCUT2D eigenvalue weighted by Gasteiger charge is -2.18. The summed E-state index contributed by atoms with van der Waals surface area (Å²) in [5.74, 6) is 0.943. The van der Waals surface area contributed by atoms with Gasteiger partial charge in [-0.15, -0.1) is 0 Å². The molecule has 0 aliphatic heterocycles. The first-order chi connectivity index (χ1) is 9.56. The quantitative estimate of drug-likeness (QED) is 0.851. The van der Waals surface area contributed by atoms with E-state index < -0.39 is 0 Å². The number of halogens is 1. The number of hydrogen-bond donors (Lipinski definition) is 1. The number of benzene rings is 2. The number of ether oxygens (including phenoxy) is 1. The Morgan fingerprint density at radius 1 is 1.15 bits per heavy atom. The van der Waals surface area contributed by atoms with Crippen LogP contribution in [-0.2, 0) is 0 Å². The maximum atomic E-state index is 6.11. The Morgan fingerprint density at radius 2 is 1.90 bits per heavy atom. The Kier molecular flexibility index (Phi) is 4.91. The second-order valence-electron chi connectivity index (χ2n) is 5.06. The number of rotatable bonds is 5. The van der Waals surface area contributed by atoms with Crippen molar-refractivity contribution in [2.24, 2.45) is 0 Å². The second kappa shape index (κ2) is 6.67. The van der Waals surface area contributed by atoms with Gasteiger partial charge in [-0.1, -0.05) is 35.9 Å². The third kappa shape index (κ3) is 3.91. The number of para-hydroxylation sites is 1. The van der Waals surface area contributed by atoms with Gasteiger partial charge < -0.3 is 10.1 Å². The van der Waals surface area contributed by atoms with Crippen LogP contribution in [0.25, 0.3) is 0 Å². The minimum Gasteiger partial charge on any atom is -0.489 e. The van der Waals surface area contributed by atoms with Gasteiger partial charge in [-0.3, -0.25) is 0 Å². The first-order valence-electron chi connectivity index (χ1n) is 6.78. The summed E-state index contributed by atoms with van der Waals surface area (Å²) in [6.07, 6.45) is 0.0618. The summed E-state index contributed by atoms with van der Waals surface area (Å²) in [7, 11) is 0.